The van der Waals surface area contributed by atoms with Crippen LogP contribution in [0.1, 0.15) is 17.2 Å². The Bertz CT molecular complexity index is 1440. The summed E-state index contributed by atoms with van der Waals surface area (Å²) in [5, 5.41) is 0. The van der Waals surface area contributed by atoms with Gasteiger partial charge in [0.1, 0.15) is 40.2 Å². The van der Waals surface area contributed by atoms with E-state index in [0.29, 0.717) is 29.3 Å². The van der Waals surface area contributed by atoms with Crippen LogP contribution in [-0.2, 0) is 10.0 Å². The van der Waals surface area contributed by atoms with Gasteiger partial charge in [-0.15, -0.1) is 0 Å². The third-order valence-electron chi connectivity index (χ3n) is 4.81. The summed E-state index contributed by atoms with van der Waals surface area (Å²) < 4.78 is 61.9. The Balaban J connectivity index is 1.54. The summed E-state index contributed by atoms with van der Waals surface area (Å²) in [4.78, 5) is 12.2. The highest BCUT2D eigenvalue weighted by atomic mass is 32.2. The monoisotopic (exact) mass is 471 g/mol. The van der Waals surface area contributed by atoms with Gasteiger partial charge in [0.05, 0.1) is 5.69 Å². The van der Waals surface area contributed by atoms with E-state index in [0.717, 1.165) is 23.5 Å². The summed E-state index contributed by atoms with van der Waals surface area (Å²) in [7, 11) is -4.32. The number of anilines is 1. The lowest BCUT2D eigenvalue weighted by Gasteiger charge is -2.11. The molecule has 4 rings (SSSR count). The molecule has 2 heterocycles. The molecule has 0 amide bonds. The fourth-order valence-electron chi connectivity index (χ4n) is 3.04. The standard InChI is InChI=1S/C22H19F2N5O3S/c1-13-14(2)29(12-25-13)21-11-22(27-15(3)26-21)32-18-7-5-17(6-8-18)28-33(30,31)20-10-16(23)4-9-19(20)24/h4-12,28H,1-3H3. The van der Waals surface area contributed by atoms with Crippen molar-refractivity contribution in [1.82, 2.24) is 19.5 Å². The molecule has 0 saturated heterocycles. The third kappa shape index (κ3) is 4.82. The lowest BCUT2D eigenvalue weighted by atomic mass is 10.3. The van der Waals surface area contributed by atoms with Gasteiger partial charge in [0.15, 0.2) is 0 Å². The molecule has 0 radical (unpaired) electrons. The zero-order valence-corrected chi connectivity index (χ0v) is 18.7. The number of rotatable bonds is 6. The second-order valence-electron chi connectivity index (χ2n) is 7.20. The molecular weight excluding hydrogens is 452 g/mol. The van der Waals surface area contributed by atoms with E-state index in [-0.39, 0.29) is 5.69 Å². The number of imidazole rings is 1. The number of aromatic nitrogens is 4. The smallest absolute Gasteiger partial charge is 0.264 e. The second-order valence-corrected chi connectivity index (χ2v) is 8.85. The number of nitrogens with one attached hydrogen (secondary N) is 1. The first-order valence-electron chi connectivity index (χ1n) is 9.75. The molecule has 0 bridgehead atoms. The van der Waals surface area contributed by atoms with Crippen LogP contribution in [0.15, 0.2) is 59.8 Å². The molecule has 0 aliphatic rings. The lowest BCUT2D eigenvalue weighted by molar-refractivity contribution is 0.459. The summed E-state index contributed by atoms with van der Waals surface area (Å²) >= 11 is 0. The van der Waals surface area contributed by atoms with Crippen molar-refractivity contribution >= 4 is 15.7 Å². The van der Waals surface area contributed by atoms with Gasteiger partial charge in [-0.25, -0.2) is 27.2 Å². The van der Waals surface area contributed by atoms with Crippen LogP contribution in [-0.4, -0.2) is 27.9 Å². The maximum atomic E-state index is 13.9. The molecule has 1 N–H and O–H groups in total. The van der Waals surface area contributed by atoms with Crippen LogP contribution in [0.5, 0.6) is 11.6 Å². The molecule has 0 spiro atoms. The molecule has 2 aromatic carbocycles. The van der Waals surface area contributed by atoms with E-state index in [1.165, 1.54) is 24.3 Å². The van der Waals surface area contributed by atoms with Crippen molar-refractivity contribution in [2.45, 2.75) is 25.7 Å². The van der Waals surface area contributed by atoms with Gasteiger partial charge in [0.25, 0.3) is 10.0 Å². The van der Waals surface area contributed by atoms with Crippen LogP contribution >= 0.6 is 0 Å². The minimum atomic E-state index is -4.32. The molecule has 11 heteroatoms. The van der Waals surface area contributed by atoms with Gasteiger partial charge in [-0.2, -0.15) is 4.98 Å². The number of nitrogens with zero attached hydrogens (tertiary/aromatic N) is 4. The first-order valence-corrected chi connectivity index (χ1v) is 11.2. The molecule has 4 aromatic rings. The van der Waals surface area contributed by atoms with Crippen molar-refractivity contribution in [3.05, 3.63) is 83.7 Å². The van der Waals surface area contributed by atoms with Gasteiger partial charge in [0, 0.05) is 17.4 Å². The molecule has 170 valence electrons. The molecule has 0 aliphatic heterocycles. The molecule has 33 heavy (non-hydrogen) atoms. The molecular formula is C22H19F2N5O3S. The van der Waals surface area contributed by atoms with E-state index >= 15 is 0 Å². The summed E-state index contributed by atoms with van der Waals surface area (Å²) in [6.07, 6.45) is 1.67. The van der Waals surface area contributed by atoms with Crippen molar-refractivity contribution in [2.75, 3.05) is 4.72 Å². The predicted octanol–water partition coefficient (Wildman–Crippen LogP) is 4.46. The summed E-state index contributed by atoms with van der Waals surface area (Å²) in [5.41, 5.74) is 1.96. The normalized spacial score (nSPS) is 11.4. The fourth-order valence-corrected chi connectivity index (χ4v) is 4.18. The Kier molecular flexibility index (Phi) is 5.81. The van der Waals surface area contributed by atoms with E-state index < -0.39 is 26.6 Å². The second kappa shape index (κ2) is 8.58. The van der Waals surface area contributed by atoms with Crippen molar-refractivity contribution < 1.29 is 21.9 Å². The first kappa shape index (κ1) is 22.3. The molecule has 0 aliphatic carbocycles. The highest BCUT2D eigenvalue weighted by Gasteiger charge is 2.20. The van der Waals surface area contributed by atoms with Crippen LogP contribution < -0.4 is 9.46 Å². The van der Waals surface area contributed by atoms with Crippen LogP contribution in [0, 0.1) is 32.4 Å². The van der Waals surface area contributed by atoms with Gasteiger partial charge in [0.2, 0.25) is 5.88 Å². The van der Waals surface area contributed by atoms with Gasteiger partial charge in [-0.1, -0.05) is 0 Å². The molecule has 0 unspecified atom stereocenters. The Morgan fingerprint density at radius 3 is 2.36 bits per heavy atom. The topological polar surface area (TPSA) is 99.0 Å². The van der Waals surface area contributed by atoms with E-state index in [4.69, 9.17) is 4.74 Å². The number of hydrogen-bond donors (Lipinski definition) is 1. The minimum Gasteiger partial charge on any atom is -0.439 e. The number of halogens is 2. The zero-order chi connectivity index (χ0) is 23.8. The first-order chi connectivity index (χ1) is 15.6. The Hall–Kier alpha value is -3.86. The van der Waals surface area contributed by atoms with Crippen LogP contribution in [0.25, 0.3) is 5.82 Å². The van der Waals surface area contributed by atoms with Crippen molar-refractivity contribution in [3.8, 4) is 17.4 Å². The highest BCUT2D eigenvalue weighted by molar-refractivity contribution is 7.92. The Morgan fingerprint density at radius 1 is 0.970 bits per heavy atom. The van der Waals surface area contributed by atoms with Crippen LogP contribution in [0.4, 0.5) is 14.5 Å². The number of hydrogen-bond acceptors (Lipinski definition) is 6. The third-order valence-corrected chi connectivity index (χ3v) is 6.21. The SMILES string of the molecule is Cc1nc(Oc2ccc(NS(=O)(=O)c3cc(F)ccc3F)cc2)cc(-n2cnc(C)c2C)n1. The van der Waals surface area contributed by atoms with Gasteiger partial charge in [-0.05, 0) is 63.2 Å². The lowest BCUT2D eigenvalue weighted by Crippen LogP contribution is -2.14. The Morgan fingerprint density at radius 2 is 1.70 bits per heavy atom. The molecule has 0 saturated carbocycles. The van der Waals surface area contributed by atoms with E-state index in [9.17, 15) is 17.2 Å². The highest BCUT2D eigenvalue weighted by Crippen LogP contribution is 2.25. The molecule has 0 fully saturated rings. The quantitative estimate of drug-likeness (QED) is 0.446. The summed E-state index contributed by atoms with van der Waals surface area (Å²) in [6.45, 7) is 5.56. The number of benzene rings is 2. The molecule has 0 atom stereocenters. The van der Waals surface area contributed by atoms with Crippen LogP contribution in [0.2, 0.25) is 0 Å². The molecule has 2 aromatic heterocycles. The fraction of sp³-hybridized carbons (Fsp3) is 0.136. The molecule has 8 nitrogen and oxygen atoms in total. The summed E-state index contributed by atoms with van der Waals surface area (Å²) in [6, 6.07) is 9.78. The largest absolute Gasteiger partial charge is 0.439 e. The van der Waals surface area contributed by atoms with Gasteiger partial charge >= 0.3 is 0 Å². The van der Waals surface area contributed by atoms with Crippen molar-refractivity contribution in [2.24, 2.45) is 0 Å². The van der Waals surface area contributed by atoms with Gasteiger partial charge < -0.3 is 4.74 Å². The Labute approximate surface area is 189 Å². The van der Waals surface area contributed by atoms with E-state index in [1.54, 1.807) is 19.3 Å². The van der Waals surface area contributed by atoms with E-state index in [2.05, 4.69) is 19.7 Å². The average molecular weight is 471 g/mol. The maximum absolute atomic E-state index is 13.9. The number of ether oxygens (including phenoxy) is 1. The van der Waals surface area contributed by atoms with E-state index in [1.807, 2.05) is 18.4 Å². The maximum Gasteiger partial charge on any atom is 0.264 e. The zero-order valence-electron chi connectivity index (χ0n) is 17.9. The van der Waals surface area contributed by atoms with Gasteiger partial charge in [-0.3, -0.25) is 9.29 Å². The average Bonchev–Trinajstić information content (AvgIpc) is 3.09. The van der Waals surface area contributed by atoms with Crippen molar-refractivity contribution in [1.29, 1.82) is 0 Å². The number of aryl methyl sites for hydroxylation is 2. The van der Waals surface area contributed by atoms with Crippen LogP contribution in [0.3, 0.4) is 0 Å². The number of sulfonamides is 1. The van der Waals surface area contributed by atoms with Crippen molar-refractivity contribution in [3.63, 3.8) is 0 Å². The minimum absolute atomic E-state index is 0.148. The predicted molar refractivity (Wildman–Crippen MR) is 117 cm³/mol. The summed E-state index contributed by atoms with van der Waals surface area (Å²) in [5.74, 6) is -0.147.